The van der Waals surface area contributed by atoms with E-state index < -0.39 is 0 Å². The van der Waals surface area contributed by atoms with Crippen molar-refractivity contribution >= 4 is 5.91 Å². The molecule has 0 saturated carbocycles. The second-order valence-electron chi connectivity index (χ2n) is 6.99. The zero-order valence-electron chi connectivity index (χ0n) is 13.4. The lowest BCUT2D eigenvalue weighted by molar-refractivity contribution is -0.136. The van der Waals surface area contributed by atoms with E-state index in [9.17, 15) is 4.79 Å². The first kappa shape index (κ1) is 15.3. The summed E-state index contributed by atoms with van der Waals surface area (Å²) in [6.45, 7) is 10.1. The lowest BCUT2D eigenvalue weighted by Gasteiger charge is -2.38. The van der Waals surface area contributed by atoms with E-state index in [1.165, 1.54) is 0 Å². The van der Waals surface area contributed by atoms with E-state index in [-0.39, 0.29) is 5.92 Å². The van der Waals surface area contributed by atoms with Gasteiger partial charge in [-0.1, -0.05) is 0 Å². The second kappa shape index (κ2) is 6.63. The Morgan fingerprint density at radius 2 is 2.00 bits per heavy atom. The van der Waals surface area contributed by atoms with Crippen LogP contribution in [0.4, 0.5) is 0 Å². The van der Waals surface area contributed by atoms with Crippen molar-refractivity contribution in [3.8, 4) is 0 Å². The molecule has 4 atom stereocenters. The molecule has 0 aromatic heterocycles. The molecule has 3 fully saturated rings. The number of amides is 1. The Kier molecular flexibility index (Phi) is 4.82. The summed E-state index contributed by atoms with van der Waals surface area (Å²) in [6.07, 6.45) is 3.93. The Bertz CT molecular complexity index is 361. The summed E-state index contributed by atoms with van der Waals surface area (Å²) >= 11 is 0. The first-order chi connectivity index (χ1) is 10.1. The summed E-state index contributed by atoms with van der Waals surface area (Å²) in [6, 6.07) is 0.413. The van der Waals surface area contributed by atoms with Crippen LogP contribution in [0.15, 0.2) is 0 Å². The van der Waals surface area contributed by atoms with E-state index in [1.54, 1.807) is 0 Å². The molecular formula is C16H29N3O2. The van der Waals surface area contributed by atoms with Crippen molar-refractivity contribution in [3.05, 3.63) is 0 Å². The van der Waals surface area contributed by atoms with Gasteiger partial charge in [0.25, 0.3) is 0 Å². The normalized spacial score (nSPS) is 38.1. The Morgan fingerprint density at radius 3 is 2.67 bits per heavy atom. The van der Waals surface area contributed by atoms with E-state index in [4.69, 9.17) is 4.74 Å². The van der Waals surface area contributed by atoms with Crippen molar-refractivity contribution in [2.24, 2.45) is 5.92 Å². The van der Waals surface area contributed by atoms with E-state index in [2.05, 4.69) is 29.0 Å². The molecule has 3 saturated heterocycles. The molecule has 1 amide bonds. The molecule has 0 radical (unpaired) electrons. The lowest BCUT2D eigenvalue weighted by atomic mass is 10.1. The van der Waals surface area contributed by atoms with E-state index in [0.29, 0.717) is 24.2 Å². The van der Waals surface area contributed by atoms with Gasteiger partial charge in [-0.2, -0.15) is 0 Å². The predicted molar refractivity (Wildman–Crippen MR) is 82.2 cm³/mol. The van der Waals surface area contributed by atoms with Gasteiger partial charge in [0.15, 0.2) is 0 Å². The first-order valence-corrected chi connectivity index (χ1v) is 8.52. The van der Waals surface area contributed by atoms with Gasteiger partial charge in [-0.25, -0.2) is 0 Å². The quantitative estimate of drug-likeness (QED) is 0.832. The maximum absolute atomic E-state index is 12.7. The molecule has 5 nitrogen and oxygen atoms in total. The van der Waals surface area contributed by atoms with Crippen molar-refractivity contribution in [1.82, 2.24) is 15.1 Å². The smallest absolute Gasteiger partial charge is 0.227 e. The zero-order valence-corrected chi connectivity index (χ0v) is 13.4. The molecule has 0 unspecified atom stereocenters. The molecule has 0 aliphatic carbocycles. The molecule has 3 heterocycles. The number of nitrogens with zero attached hydrogens (tertiary/aromatic N) is 2. The van der Waals surface area contributed by atoms with Crippen LogP contribution in [0.3, 0.4) is 0 Å². The van der Waals surface area contributed by atoms with Crippen LogP contribution in [-0.4, -0.2) is 73.2 Å². The van der Waals surface area contributed by atoms with Crippen molar-refractivity contribution in [1.29, 1.82) is 0 Å². The third-order valence-electron chi connectivity index (χ3n) is 5.03. The number of carbonyl (C=O) groups excluding carboxylic acids is 1. The Morgan fingerprint density at radius 1 is 1.24 bits per heavy atom. The highest BCUT2D eigenvalue weighted by atomic mass is 16.5. The number of morpholine rings is 1. The molecule has 1 N–H and O–H groups in total. The molecule has 3 rings (SSSR count). The fraction of sp³-hybridized carbons (Fsp3) is 0.938. The lowest BCUT2D eigenvalue weighted by Crippen LogP contribution is -2.51. The topological polar surface area (TPSA) is 44.8 Å². The standard InChI is InChI=1S/C16H29N3O2/c1-12-9-18(10-13(2)21-12)11-15-4-3-7-19(15)16(20)14-5-6-17-8-14/h12-15,17H,3-11H2,1-2H3/t12-,13+,14-,15+/m1/s1. The van der Waals surface area contributed by atoms with Crippen molar-refractivity contribution in [2.45, 2.75) is 51.4 Å². The number of hydrogen-bond donors (Lipinski definition) is 1. The van der Waals surface area contributed by atoms with Crippen LogP contribution < -0.4 is 5.32 Å². The zero-order chi connectivity index (χ0) is 14.8. The summed E-state index contributed by atoms with van der Waals surface area (Å²) in [5.41, 5.74) is 0. The van der Waals surface area contributed by atoms with Gasteiger partial charge in [0.1, 0.15) is 0 Å². The average Bonchev–Trinajstić information content (AvgIpc) is 3.07. The number of nitrogens with one attached hydrogen (secondary N) is 1. The van der Waals surface area contributed by atoms with Gasteiger partial charge in [0.2, 0.25) is 5.91 Å². The number of likely N-dealkylation sites (tertiary alicyclic amines) is 1. The van der Waals surface area contributed by atoms with Crippen molar-refractivity contribution in [3.63, 3.8) is 0 Å². The summed E-state index contributed by atoms with van der Waals surface area (Å²) in [4.78, 5) is 17.3. The highest BCUT2D eigenvalue weighted by Gasteiger charge is 2.36. The second-order valence-corrected chi connectivity index (χ2v) is 6.99. The molecule has 21 heavy (non-hydrogen) atoms. The molecule has 3 aliphatic heterocycles. The first-order valence-electron chi connectivity index (χ1n) is 8.52. The fourth-order valence-corrected chi connectivity index (χ4v) is 4.15. The van der Waals surface area contributed by atoms with Crippen LogP contribution in [0.1, 0.15) is 33.1 Å². The fourth-order valence-electron chi connectivity index (χ4n) is 4.15. The van der Waals surface area contributed by atoms with Crippen molar-refractivity contribution in [2.75, 3.05) is 39.3 Å². The third-order valence-corrected chi connectivity index (χ3v) is 5.03. The average molecular weight is 295 g/mol. The van der Waals surface area contributed by atoms with Crippen LogP contribution in [-0.2, 0) is 9.53 Å². The number of hydrogen-bond acceptors (Lipinski definition) is 4. The largest absolute Gasteiger partial charge is 0.373 e. The number of carbonyl (C=O) groups is 1. The monoisotopic (exact) mass is 295 g/mol. The molecule has 0 aromatic rings. The molecule has 3 aliphatic rings. The van der Waals surface area contributed by atoms with Crippen LogP contribution in [0.2, 0.25) is 0 Å². The van der Waals surface area contributed by atoms with Crippen molar-refractivity contribution < 1.29 is 9.53 Å². The molecule has 5 heteroatoms. The maximum atomic E-state index is 12.7. The predicted octanol–water partition coefficient (Wildman–Crippen LogP) is 0.696. The van der Waals surface area contributed by atoms with Gasteiger partial charge in [0, 0.05) is 38.8 Å². The number of rotatable bonds is 3. The molecule has 120 valence electrons. The Labute approximate surface area is 128 Å². The maximum Gasteiger partial charge on any atom is 0.227 e. The van der Waals surface area contributed by atoms with Crippen LogP contribution in [0.5, 0.6) is 0 Å². The summed E-state index contributed by atoms with van der Waals surface area (Å²) in [5, 5.41) is 3.31. The van der Waals surface area contributed by atoms with Gasteiger partial charge < -0.3 is 15.0 Å². The van der Waals surface area contributed by atoms with Gasteiger partial charge in [0.05, 0.1) is 18.1 Å². The molecule has 0 spiro atoms. The Hall–Kier alpha value is -0.650. The number of ether oxygens (including phenoxy) is 1. The third kappa shape index (κ3) is 3.58. The molecule has 0 aromatic carbocycles. The minimum atomic E-state index is 0.216. The van der Waals surface area contributed by atoms with E-state index in [1.807, 2.05) is 0 Å². The van der Waals surface area contributed by atoms with Gasteiger partial charge in [-0.3, -0.25) is 9.69 Å². The highest BCUT2D eigenvalue weighted by Crippen LogP contribution is 2.24. The van der Waals surface area contributed by atoms with Crippen LogP contribution in [0, 0.1) is 5.92 Å². The summed E-state index contributed by atoms with van der Waals surface area (Å²) < 4.78 is 5.81. The minimum Gasteiger partial charge on any atom is -0.373 e. The SMILES string of the molecule is C[C@@H]1CN(C[C@@H]2CCCN2C(=O)[C@@H]2CCNC2)C[C@H](C)O1. The van der Waals surface area contributed by atoms with Gasteiger partial charge >= 0.3 is 0 Å². The van der Waals surface area contributed by atoms with Crippen LogP contribution >= 0.6 is 0 Å². The summed E-state index contributed by atoms with van der Waals surface area (Å²) in [5.74, 6) is 0.602. The Balaban J connectivity index is 1.57. The van der Waals surface area contributed by atoms with E-state index in [0.717, 1.165) is 58.5 Å². The van der Waals surface area contributed by atoms with E-state index >= 15 is 0 Å². The summed E-state index contributed by atoms with van der Waals surface area (Å²) in [7, 11) is 0. The highest BCUT2D eigenvalue weighted by molar-refractivity contribution is 5.80. The van der Waals surface area contributed by atoms with Crippen LogP contribution in [0.25, 0.3) is 0 Å². The molecular weight excluding hydrogens is 266 g/mol. The van der Waals surface area contributed by atoms with Gasteiger partial charge in [-0.15, -0.1) is 0 Å². The molecule has 0 bridgehead atoms. The van der Waals surface area contributed by atoms with Gasteiger partial charge in [-0.05, 0) is 39.7 Å². The minimum absolute atomic E-state index is 0.216.